The van der Waals surface area contributed by atoms with Crippen molar-refractivity contribution in [3.05, 3.63) is 53.7 Å². The summed E-state index contributed by atoms with van der Waals surface area (Å²) in [4.78, 5) is 25.0. The SMILES string of the molecule is CCOC(=O)NC[C@H](O)Cn1c(C(C)(C)C)cc2cc(NC(=O)C3(c4ccc5c(c4)OC(F)(F)O5)CC3)ccc21.[HH].[HH].[HH]. The lowest BCUT2D eigenvalue weighted by Crippen LogP contribution is -2.35. The van der Waals surface area contributed by atoms with Crippen molar-refractivity contribution in [1.82, 2.24) is 9.88 Å². The Kier molecular flexibility index (Phi) is 6.89. The maximum absolute atomic E-state index is 13.5. The van der Waals surface area contributed by atoms with Gasteiger partial charge in [-0.1, -0.05) is 26.8 Å². The van der Waals surface area contributed by atoms with Gasteiger partial charge >= 0.3 is 12.4 Å². The standard InChI is InChI=1S/C29H33F2N3O6.3H2/c1-5-38-26(37)32-15-20(35)16-34-21-8-7-19(12-17(21)13-24(34)27(2,3)4)33-25(36)28(10-11-28)18-6-9-22-23(14-18)40-29(30,31)39-22;;;/h6-9,12-14,20,35H,5,10-11,15-16H2,1-4H3,(H,32,37)(H,33,36);3*1H/t20-;;;/m0.../s1. The van der Waals surface area contributed by atoms with E-state index in [4.69, 9.17) is 4.74 Å². The van der Waals surface area contributed by atoms with Crippen molar-refractivity contribution in [2.24, 2.45) is 0 Å². The van der Waals surface area contributed by atoms with E-state index in [2.05, 4.69) is 40.9 Å². The van der Waals surface area contributed by atoms with E-state index in [1.807, 2.05) is 22.8 Å². The first-order valence-electron chi connectivity index (χ1n) is 13.3. The molecule has 0 spiro atoms. The molecule has 1 aliphatic carbocycles. The molecular weight excluding hydrogens is 524 g/mol. The van der Waals surface area contributed by atoms with Gasteiger partial charge in [-0.25, -0.2) is 4.79 Å². The third-order valence-corrected chi connectivity index (χ3v) is 7.22. The number of benzene rings is 2. The number of alkyl carbamates (subject to hydrolysis) is 1. The second-order valence-electron chi connectivity index (χ2n) is 11.3. The van der Waals surface area contributed by atoms with Gasteiger partial charge in [0.25, 0.3) is 0 Å². The van der Waals surface area contributed by atoms with Gasteiger partial charge in [0.1, 0.15) is 0 Å². The van der Waals surface area contributed by atoms with Crippen LogP contribution in [0.1, 0.15) is 56.1 Å². The van der Waals surface area contributed by atoms with Gasteiger partial charge in [-0.05, 0) is 61.7 Å². The molecule has 0 bridgehead atoms. The average molecular weight is 564 g/mol. The normalized spacial score (nSPS) is 17.4. The Balaban J connectivity index is 0.00000215. The Morgan fingerprint density at radius 3 is 2.52 bits per heavy atom. The topological polar surface area (TPSA) is 111 Å². The van der Waals surface area contributed by atoms with E-state index in [1.165, 1.54) is 12.1 Å². The van der Waals surface area contributed by atoms with E-state index < -0.39 is 23.9 Å². The summed E-state index contributed by atoms with van der Waals surface area (Å²) in [5, 5.41) is 17.1. The first-order valence-corrected chi connectivity index (χ1v) is 13.3. The van der Waals surface area contributed by atoms with Crippen LogP contribution in [0.4, 0.5) is 19.3 Å². The maximum Gasteiger partial charge on any atom is 0.586 e. The lowest BCUT2D eigenvalue weighted by atomic mass is 9.92. The average Bonchev–Trinajstić information content (AvgIpc) is 3.51. The highest BCUT2D eigenvalue weighted by molar-refractivity contribution is 6.02. The summed E-state index contributed by atoms with van der Waals surface area (Å²) in [6.45, 7) is 8.45. The van der Waals surface area contributed by atoms with Crippen molar-refractivity contribution in [3.8, 4) is 11.5 Å². The molecule has 0 radical (unpaired) electrons. The molecule has 1 atom stereocenters. The van der Waals surface area contributed by atoms with Gasteiger partial charge in [0.2, 0.25) is 5.91 Å². The second-order valence-corrected chi connectivity index (χ2v) is 11.3. The molecule has 0 saturated heterocycles. The van der Waals surface area contributed by atoms with Crippen LogP contribution in [0.25, 0.3) is 10.9 Å². The molecule has 2 amide bonds. The largest absolute Gasteiger partial charge is 0.586 e. The fourth-order valence-electron chi connectivity index (χ4n) is 5.09. The molecule has 1 saturated carbocycles. The Morgan fingerprint density at radius 2 is 1.85 bits per heavy atom. The number of fused-ring (bicyclic) bond motifs is 2. The van der Waals surface area contributed by atoms with Gasteiger partial charge in [0, 0.05) is 38.5 Å². The molecule has 1 fully saturated rings. The molecule has 11 heteroatoms. The van der Waals surface area contributed by atoms with E-state index in [-0.39, 0.29) is 46.8 Å². The number of hydrogen-bond acceptors (Lipinski definition) is 6. The van der Waals surface area contributed by atoms with E-state index in [0.717, 1.165) is 16.6 Å². The minimum absolute atomic E-state index is 0. The zero-order chi connectivity index (χ0) is 28.9. The fraction of sp³-hybridized carbons (Fsp3) is 0.448. The third-order valence-electron chi connectivity index (χ3n) is 7.22. The monoisotopic (exact) mass is 563 g/mol. The number of rotatable bonds is 8. The number of amides is 2. The first-order chi connectivity index (χ1) is 18.8. The van der Waals surface area contributed by atoms with Crippen LogP contribution in [0.5, 0.6) is 11.5 Å². The summed E-state index contributed by atoms with van der Waals surface area (Å²) in [7, 11) is 0. The first kappa shape index (κ1) is 27.7. The van der Waals surface area contributed by atoms with Crippen molar-refractivity contribution in [2.75, 3.05) is 18.5 Å². The van der Waals surface area contributed by atoms with Crippen LogP contribution >= 0.6 is 0 Å². The molecule has 1 aromatic heterocycles. The molecular formula is C29H39F2N3O6. The Bertz CT molecular complexity index is 1470. The van der Waals surface area contributed by atoms with Crippen molar-refractivity contribution in [3.63, 3.8) is 0 Å². The van der Waals surface area contributed by atoms with Crippen LogP contribution in [-0.4, -0.2) is 47.2 Å². The third kappa shape index (κ3) is 5.42. The summed E-state index contributed by atoms with van der Waals surface area (Å²) < 4.78 is 42.9. The van der Waals surface area contributed by atoms with Crippen molar-refractivity contribution in [2.45, 2.75) is 70.3 Å². The summed E-state index contributed by atoms with van der Waals surface area (Å²) in [5.74, 6) is -0.372. The number of alkyl halides is 2. The van der Waals surface area contributed by atoms with E-state index in [9.17, 15) is 23.5 Å². The van der Waals surface area contributed by atoms with Crippen molar-refractivity contribution in [1.29, 1.82) is 0 Å². The molecule has 0 unspecified atom stereocenters. The summed E-state index contributed by atoms with van der Waals surface area (Å²) >= 11 is 0. The molecule has 3 aromatic rings. The molecule has 40 heavy (non-hydrogen) atoms. The number of aliphatic hydroxyl groups is 1. The second kappa shape index (κ2) is 9.96. The molecule has 220 valence electrons. The fourth-order valence-corrected chi connectivity index (χ4v) is 5.09. The van der Waals surface area contributed by atoms with Gasteiger partial charge < -0.3 is 34.5 Å². The van der Waals surface area contributed by atoms with Crippen LogP contribution in [0.3, 0.4) is 0 Å². The minimum atomic E-state index is -3.72. The Hall–Kier alpha value is -3.86. The molecule has 3 N–H and O–H groups in total. The molecule has 2 aromatic carbocycles. The van der Waals surface area contributed by atoms with Crippen LogP contribution in [0, 0.1) is 0 Å². The van der Waals surface area contributed by atoms with Gasteiger partial charge in [-0.15, -0.1) is 8.78 Å². The molecule has 2 aliphatic rings. The predicted molar refractivity (Wildman–Crippen MR) is 150 cm³/mol. The van der Waals surface area contributed by atoms with Gasteiger partial charge in [-0.3, -0.25) is 4.79 Å². The van der Waals surface area contributed by atoms with E-state index in [1.54, 1.807) is 19.1 Å². The molecule has 2 heterocycles. The molecule has 5 rings (SSSR count). The van der Waals surface area contributed by atoms with Crippen LogP contribution < -0.4 is 20.1 Å². The predicted octanol–water partition coefficient (Wildman–Crippen LogP) is 5.78. The number of ether oxygens (including phenoxy) is 3. The highest BCUT2D eigenvalue weighted by atomic mass is 19.3. The summed E-state index contributed by atoms with van der Waals surface area (Å²) in [6.07, 6.45) is -3.98. The number of anilines is 1. The Labute approximate surface area is 234 Å². The number of aliphatic hydroxyl groups excluding tert-OH is 1. The van der Waals surface area contributed by atoms with Crippen molar-refractivity contribution < 1.29 is 42.0 Å². The van der Waals surface area contributed by atoms with E-state index in [0.29, 0.717) is 24.1 Å². The van der Waals surface area contributed by atoms with Crippen molar-refractivity contribution >= 4 is 28.6 Å². The highest BCUT2D eigenvalue weighted by Crippen LogP contribution is 2.52. The van der Waals surface area contributed by atoms with Crippen LogP contribution in [-0.2, 0) is 26.9 Å². The number of nitrogens with zero attached hydrogens (tertiary/aromatic N) is 1. The number of aromatic nitrogens is 1. The number of nitrogens with one attached hydrogen (secondary N) is 2. The van der Waals surface area contributed by atoms with E-state index >= 15 is 0 Å². The zero-order valence-electron chi connectivity index (χ0n) is 22.8. The van der Waals surface area contributed by atoms with Gasteiger partial charge in [-0.2, -0.15) is 0 Å². The summed E-state index contributed by atoms with van der Waals surface area (Å²) in [5.41, 5.74) is 1.97. The number of carbonyl (C=O) groups excluding carboxylic acids is 2. The summed E-state index contributed by atoms with van der Waals surface area (Å²) in [6, 6.07) is 12.1. The van der Waals surface area contributed by atoms with Gasteiger partial charge in [0.15, 0.2) is 11.5 Å². The smallest absolute Gasteiger partial charge is 0.450 e. The molecule has 1 aliphatic heterocycles. The lowest BCUT2D eigenvalue weighted by Gasteiger charge is -2.24. The number of carbonyl (C=O) groups is 2. The molecule has 9 nitrogen and oxygen atoms in total. The number of hydrogen-bond donors (Lipinski definition) is 3. The maximum atomic E-state index is 13.5. The lowest BCUT2D eigenvalue weighted by molar-refractivity contribution is -0.286. The highest BCUT2D eigenvalue weighted by Gasteiger charge is 2.52. The van der Waals surface area contributed by atoms with Crippen LogP contribution in [0.2, 0.25) is 0 Å². The minimum Gasteiger partial charge on any atom is -0.450 e. The van der Waals surface area contributed by atoms with Gasteiger partial charge in [0.05, 0.1) is 24.7 Å². The number of halogens is 2. The quantitative estimate of drug-likeness (QED) is 0.321. The Morgan fingerprint density at radius 1 is 1.12 bits per heavy atom. The zero-order valence-corrected chi connectivity index (χ0v) is 22.8. The van der Waals surface area contributed by atoms with Crippen LogP contribution in [0.15, 0.2) is 42.5 Å².